The molecule has 2 saturated heterocycles. The summed E-state index contributed by atoms with van der Waals surface area (Å²) in [7, 11) is 2.74. The Morgan fingerprint density at radius 3 is 2.31 bits per heavy atom. The number of alkyl halides is 1. The second kappa shape index (κ2) is 9.09. The van der Waals surface area contributed by atoms with E-state index in [2.05, 4.69) is 4.74 Å². The first-order chi connectivity index (χ1) is 15.0. The van der Waals surface area contributed by atoms with Gasteiger partial charge in [0.25, 0.3) is 0 Å². The quantitative estimate of drug-likeness (QED) is 0.514. The molecule has 0 aromatic heterocycles. The van der Waals surface area contributed by atoms with Crippen molar-refractivity contribution in [2.75, 3.05) is 50.1 Å². The van der Waals surface area contributed by atoms with Crippen LogP contribution in [0.25, 0.3) is 0 Å². The molecule has 2 aliphatic heterocycles. The summed E-state index contributed by atoms with van der Waals surface area (Å²) < 4.78 is 29.8. The van der Waals surface area contributed by atoms with Crippen molar-refractivity contribution in [2.45, 2.75) is 38.9 Å². The van der Waals surface area contributed by atoms with Crippen molar-refractivity contribution in [2.24, 2.45) is 0 Å². The number of hydrogen-bond donors (Lipinski definition) is 0. The van der Waals surface area contributed by atoms with Gasteiger partial charge >= 0.3 is 18.3 Å². The van der Waals surface area contributed by atoms with Crippen molar-refractivity contribution in [3.05, 3.63) is 24.3 Å². The summed E-state index contributed by atoms with van der Waals surface area (Å²) in [5, 5.41) is 0. The molecule has 1 aromatic rings. The zero-order valence-corrected chi connectivity index (χ0v) is 18.9. The number of hydrogen-bond acceptors (Lipinski definition) is 7. The van der Waals surface area contributed by atoms with Gasteiger partial charge in [-0.1, -0.05) is 0 Å². The van der Waals surface area contributed by atoms with Crippen LogP contribution in [-0.4, -0.2) is 86.5 Å². The molecule has 2 heterocycles. The van der Waals surface area contributed by atoms with Gasteiger partial charge in [-0.2, -0.15) is 0 Å². The summed E-state index contributed by atoms with van der Waals surface area (Å²) in [5.74, 6) is 0. The molecule has 2 atom stereocenters. The van der Waals surface area contributed by atoms with Gasteiger partial charge in [0.15, 0.2) is 12.5 Å². The van der Waals surface area contributed by atoms with E-state index in [0.717, 1.165) is 10.6 Å². The Balaban J connectivity index is 1.61. The van der Waals surface area contributed by atoms with Crippen LogP contribution in [0.2, 0.25) is 0 Å². The molecule has 11 heteroatoms. The van der Waals surface area contributed by atoms with Gasteiger partial charge in [0.05, 0.1) is 20.2 Å². The van der Waals surface area contributed by atoms with Gasteiger partial charge in [-0.3, -0.25) is 14.7 Å². The highest BCUT2D eigenvalue weighted by molar-refractivity contribution is 5.90. The molecule has 2 fully saturated rings. The van der Waals surface area contributed by atoms with E-state index in [1.165, 1.54) is 24.0 Å². The zero-order valence-electron chi connectivity index (χ0n) is 18.9. The maximum absolute atomic E-state index is 14.7. The van der Waals surface area contributed by atoms with Gasteiger partial charge in [0.1, 0.15) is 5.60 Å². The molecule has 176 valence electrons. The van der Waals surface area contributed by atoms with Crippen LogP contribution in [0.5, 0.6) is 0 Å². The number of nitrogens with zero attached hydrogens (tertiary/aromatic N) is 4. The molecule has 0 saturated carbocycles. The molecule has 0 N–H and O–H groups in total. The highest BCUT2D eigenvalue weighted by Crippen LogP contribution is 2.27. The fraction of sp³-hybridized carbons (Fsp3) is 0.571. The number of amides is 3. The summed E-state index contributed by atoms with van der Waals surface area (Å²) >= 11 is 0. The van der Waals surface area contributed by atoms with Crippen molar-refractivity contribution in [3.8, 4) is 0 Å². The molecular formula is C21H29FN4O6. The molecule has 2 aliphatic rings. The highest BCUT2D eigenvalue weighted by atomic mass is 19.1. The average Bonchev–Trinajstić information content (AvgIpc) is 3.12. The van der Waals surface area contributed by atoms with Gasteiger partial charge < -0.3 is 19.1 Å². The monoisotopic (exact) mass is 452 g/mol. The maximum Gasteiger partial charge on any atom is 0.416 e. The Labute approximate surface area is 186 Å². The molecule has 32 heavy (non-hydrogen) atoms. The summed E-state index contributed by atoms with van der Waals surface area (Å²) in [4.78, 5) is 41.6. The highest BCUT2D eigenvalue weighted by Gasteiger charge is 2.37. The number of likely N-dealkylation sites (N-methyl/N-ethyl adjacent to an activating group) is 1. The van der Waals surface area contributed by atoms with E-state index < -0.39 is 36.4 Å². The number of cyclic esters (lactones) is 1. The minimum atomic E-state index is -1.50. The van der Waals surface area contributed by atoms with Crippen LogP contribution >= 0.6 is 0 Å². The Kier molecular flexibility index (Phi) is 6.65. The lowest BCUT2D eigenvalue weighted by molar-refractivity contribution is -0.00602. The number of carbonyl (C=O) groups is 3. The molecule has 10 nitrogen and oxygen atoms in total. The van der Waals surface area contributed by atoms with Gasteiger partial charge in [0, 0.05) is 31.5 Å². The summed E-state index contributed by atoms with van der Waals surface area (Å²) in [5.41, 5.74) is 0.658. The van der Waals surface area contributed by atoms with E-state index in [1.54, 1.807) is 45.0 Å². The topological polar surface area (TPSA) is 91.9 Å². The Morgan fingerprint density at radius 2 is 1.75 bits per heavy atom. The van der Waals surface area contributed by atoms with Crippen molar-refractivity contribution < 1.29 is 33.0 Å². The molecule has 1 aromatic carbocycles. The second-order valence-electron chi connectivity index (χ2n) is 8.60. The fourth-order valence-corrected chi connectivity index (χ4v) is 3.47. The van der Waals surface area contributed by atoms with E-state index in [1.807, 2.05) is 4.90 Å². The maximum atomic E-state index is 14.7. The van der Waals surface area contributed by atoms with Gasteiger partial charge in [-0.25, -0.2) is 18.8 Å². The Hall–Kier alpha value is -3.24. The Bertz CT molecular complexity index is 859. The molecule has 0 bridgehead atoms. The Morgan fingerprint density at radius 1 is 1.12 bits per heavy atom. The zero-order chi connectivity index (χ0) is 23.6. The van der Waals surface area contributed by atoms with Crippen LogP contribution in [0, 0.1) is 0 Å². The smallest absolute Gasteiger partial charge is 0.416 e. The predicted molar refractivity (Wildman–Crippen MR) is 114 cm³/mol. The molecule has 0 aliphatic carbocycles. The van der Waals surface area contributed by atoms with Crippen LogP contribution in [-0.2, 0) is 14.2 Å². The molecule has 3 rings (SSSR count). The van der Waals surface area contributed by atoms with Gasteiger partial charge in [-0.05, 0) is 45.0 Å². The third-order valence-corrected chi connectivity index (χ3v) is 5.17. The standard InChI is InChI=1S/C21H29FN4O6/c1-21(2,3)32-20(29)25-11-10-24(12-16(25)22)14-6-8-15(9-7-14)26-13-17(31-19(26)28)23(4)18(27)30-5/h6-9,16-17H,10-13H2,1-5H3. The minimum absolute atomic E-state index is 0.0103. The number of benzene rings is 1. The van der Waals surface area contributed by atoms with Crippen LogP contribution in [0.4, 0.5) is 30.1 Å². The lowest BCUT2D eigenvalue weighted by Crippen LogP contribution is -2.54. The summed E-state index contributed by atoms with van der Waals surface area (Å²) in [6, 6.07) is 7.00. The summed E-state index contributed by atoms with van der Waals surface area (Å²) in [6.07, 6.45) is -4.11. The first-order valence-corrected chi connectivity index (χ1v) is 10.3. The SMILES string of the molecule is COC(=O)N(C)C1CN(c2ccc(N3CCN(C(=O)OC(C)(C)C)C(F)C3)cc2)C(=O)O1. The minimum Gasteiger partial charge on any atom is -0.453 e. The number of piperazine rings is 1. The van der Waals surface area contributed by atoms with Gasteiger partial charge in [0.2, 0.25) is 0 Å². The number of halogens is 1. The van der Waals surface area contributed by atoms with E-state index in [-0.39, 0.29) is 19.6 Å². The molecule has 0 radical (unpaired) electrons. The van der Waals surface area contributed by atoms with E-state index in [4.69, 9.17) is 9.47 Å². The van der Waals surface area contributed by atoms with E-state index >= 15 is 0 Å². The summed E-state index contributed by atoms with van der Waals surface area (Å²) in [6.45, 7) is 6.02. The van der Waals surface area contributed by atoms with Crippen LogP contribution in [0.1, 0.15) is 20.8 Å². The van der Waals surface area contributed by atoms with E-state index in [9.17, 15) is 18.8 Å². The van der Waals surface area contributed by atoms with Crippen molar-refractivity contribution in [1.82, 2.24) is 9.80 Å². The largest absolute Gasteiger partial charge is 0.453 e. The third kappa shape index (κ3) is 5.14. The van der Waals surface area contributed by atoms with Gasteiger partial charge in [-0.15, -0.1) is 0 Å². The second-order valence-corrected chi connectivity index (χ2v) is 8.60. The van der Waals surface area contributed by atoms with Crippen molar-refractivity contribution in [3.63, 3.8) is 0 Å². The van der Waals surface area contributed by atoms with Crippen molar-refractivity contribution in [1.29, 1.82) is 0 Å². The van der Waals surface area contributed by atoms with Crippen LogP contribution in [0.15, 0.2) is 24.3 Å². The lowest BCUT2D eigenvalue weighted by Gasteiger charge is -2.39. The van der Waals surface area contributed by atoms with E-state index in [0.29, 0.717) is 12.2 Å². The number of rotatable bonds is 3. The third-order valence-electron chi connectivity index (χ3n) is 5.17. The van der Waals surface area contributed by atoms with Crippen molar-refractivity contribution >= 4 is 29.7 Å². The number of methoxy groups -OCH3 is 1. The number of carbonyl (C=O) groups excluding carboxylic acids is 3. The fourth-order valence-electron chi connectivity index (χ4n) is 3.47. The average molecular weight is 452 g/mol. The molecule has 0 spiro atoms. The molecular weight excluding hydrogens is 423 g/mol. The number of anilines is 2. The number of ether oxygens (including phenoxy) is 3. The van der Waals surface area contributed by atoms with Crippen LogP contribution in [0.3, 0.4) is 0 Å². The first-order valence-electron chi connectivity index (χ1n) is 10.3. The predicted octanol–water partition coefficient (Wildman–Crippen LogP) is 3.02. The lowest BCUT2D eigenvalue weighted by atomic mass is 10.2. The van der Waals surface area contributed by atoms with Crippen LogP contribution < -0.4 is 9.80 Å². The molecule has 3 amide bonds. The molecule has 2 unspecified atom stereocenters. The first kappa shape index (κ1) is 23.4. The normalized spacial score (nSPS) is 21.3.